The second kappa shape index (κ2) is 7.36. The number of hydrogen-bond donors (Lipinski definition) is 3. The summed E-state index contributed by atoms with van der Waals surface area (Å²) in [6, 6.07) is 11.6. The predicted octanol–water partition coefficient (Wildman–Crippen LogP) is 2.68. The molecule has 0 bridgehead atoms. The Morgan fingerprint density at radius 1 is 1.15 bits per heavy atom. The van der Waals surface area contributed by atoms with E-state index in [4.69, 9.17) is 0 Å². The van der Waals surface area contributed by atoms with Crippen molar-refractivity contribution in [3.05, 3.63) is 65.1 Å². The smallest absolute Gasteiger partial charge is 0.255 e. The number of nitrogens with one attached hydrogen (secondary N) is 3. The number of fused-ring (bicyclic) bond motifs is 1. The fourth-order valence-corrected chi connectivity index (χ4v) is 3.04. The monoisotopic (exact) mass is 361 g/mol. The van der Waals surface area contributed by atoms with Gasteiger partial charge >= 0.3 is 0 Å². The molecule has 0 fully saturated rings. The van der Waals surface area contributed by atoms with Gasteiger partial charge in [-0.05, 0) is 48.2 Å². The van der Waals surface area contributed by atoms with E-state index in [0.717, 1.165) is 40.6 Å². The van der Waals surface area contributed by atoms with E-state index in [2.05, 4.69) is 43.1 Å². The lowest BCUT2D eigenvalue weighted by Gasteiger charge is -2.08. The van der Waals surface area contributed by atoms with Gasteiger partial charge in [0.05, 0.1) is 11.7 Å². The van der Waals surface area contributed by atoms with E-state index in [1.165, 1.54) is 0 Å². The van der Waals surface area contributed by atoms with Crippen LogP contribution in [0.3, 0.4) is 0 Å². The molecular weight excluding hydrogens is 342 g/mol. The Hall–Kier alpha value is -3.55. The standard InChI is InChI=1S/C19H19N7O/c1-2-13-9-14(10-15-11-20-24-18(13)15)19(27)21-16-6-3-12(4-7-16)5-8-17-22-25-26-23-17/h3-4,6-7,9-11H,2,5,8H2,1H3,(H,20,24)(H,21,27)(H,22,23,25,26). The van der Waals surface area contributed by atoms with Crippen molar-refractivity contribution in [1.29, 1.82) is 0 Å². The van der Waals surface area contributed by atoms with Crippen LogP contribution in [0.2, 0.25) is 0 Å². The topological polar surface area (TPSA) is 112 Å². The number of tetrazole rings is 1. The van der Waals surface area contributed by atoms with Gasteiger partial charge in [0.15, 0.2) is 5.82 Å². The lowest BCUT2D eigenvalue weighted by Crippen LogP contribution is -2.12. The van der Waals surface area contributed by atoms with Crippen LogP contribution in [0.15, 0.2) is 42.6 Å². The zero-order chi connectivity index (χ0) is 18.6. The molecule has 0 unspecified atom stereocenters. The second-order valence-electron chi connectivity index (χ2n) is 6.30. The Kier molecular flexibility index (Phi) is 4.61. The third-order valence-corrected chi connectivity index (χ3v) is 4.51. The van der Waals surface area contributed by atoms with E-state index in [9.17, 15) is 4.79 Å². The van der Waals surface area contributed by atoms with Crippen LogP contribution in [-0.2, 0) is 19.3 Å². The Labute approximate surface area is 155 Å². The molecule has 136 valence electrons. The molecule has 0 aliphatic carbocycles. The van der Waals surface area contributed by atoms with Gasteiger partial charge in [0.2, 0.25) is 0 Å². The number of benzene rings is 2. The van der Waals surface area contributed by atoms with Crippen molar-refractivity contribution in [2.45, 2.75) is 26.2 Å². The van der Waals surface area contributed by atoms with E-state index in [1.54, 1.807) is 6.20 Å². The van der Waals surface area contributed by atoms with Gasteiger partial charge in [-0.15, -0.1) is 10.2 Å². The Morgan fingerprint density at radius 3 is 2.74 bits per heavy atom. The van der Waals surface area contributed by atoms with Crippen molar-refractivity contribution in [3.8, 4) is 0 Å². The van der Waals surface area contributed by atoms with Gasteiger partial charge in [-0.3, -0.25) is 9.89 Å². The molecule has 0 spiro atoms. The number of nitrogens with zero attached hydrogens (tertiary/aromatic N) is 4. The van der Waals surface area contributed by atoms with Crippen molar-refractivity contribution in [2.75, 3.05) is 5.32 Å². The number of carbonyl (C=O) groups is 1. The minimum Gasteiger partial charge on any atom is -0.322 e. The first-order valence-electron chi connectivity index (χ1n) is 8.81. The van der Waals surface area contributed by atoms with Crippen molar-refractivity contribution in [2.24, 2.45) is 0 Å². The van der Waals surface area contributed by atoms with E-state index < -0.39 is 0 Å². The lowest BCUT2D eigenvalue weighted by molar-refractivity contribution is 0.102. The highest BCUT2D eigenvalue weighted by atomic mass is 16.1. The zero-order valence-corrected chi connectivity index (χ0v) is 14.9. The average Bonchev–Trinajstić information content (AvgIpc) is 3.38. The van der Waals surface area contributed by atoms with Crippen LogP contribution in [0.1, 0.15) is 34.2 Å². The highest BCUT2D eigenvalue weighted by Gasteiger charge is 2.11. The molecule has 0 aliphatic heterocycles. The number of carbonyl (C=O) groups excluding carboxylic acids is 1. The molecule has 4 rings (SSSR count). The van der Waals surface area contributed by atoms with Gasteiger partial charge < -0.3 is 5.32 Å². The molecular formula is C19H19N7O. The van der Waals surface area contributed by atoms with Gasteiger partial charge in [-0.2, -0.15) is 10.3 Å². The minimum absolute atomic E-state index is 0.132. The number of amides is 1. The van der Waals surface area contributed by atoms with Crippen LogP contribution >= 0.6 is 0 Å². The molecule has 0 aliphatic rings. The highest BCUT2D eigenvalue weighted by molar-refractivity contribution is 6.06. The summed E-state index contributed by atoms with van der Waals surface area (Å²) in [5.41, 5.74) is 4.59. The second-order valence-corrected chi connectivity index (χ2v) is 6.30. The summed E-state index contributed by atoms with van der Waals surface area (Å²) in [6.07, 6.45) is 4.09. The first kappa shape index (κ1) is 16.9. The summed E-state index contributed by atoms with van der Waals surface area (Å²) >= 11 is 0. The molecule has 0 radical (unpaired) electrons. The zero-order valence-electron chi connectivity index (χ0n) is 14.9. The van der Waals surface area contributed by atoms with Crippen LogP contribution in [0.4, 0.5) is 5.69 Å². The van der Waals surface area contributed by atoms with Gasteiger partial charge in [-0.1, -0.05) is 24.3 Å². The largest absolute Gasteiger partial charge is 0.322 e. The van der Waals surface area contributed by atoms with E-state index >= 15 is 0 Å². The maximum atomic E-state index is 12.6. The Bertz CT molecular complexity index is 1050. The predicted molar refractivity (Wildman–Crippen MR) is 101 cm³/mol. The van der Waals surface area contributed by atoms with Crippen molar-refractivity contribution in [3.63, 3.8) is 0 Å². The minimum atomic E-state index is -0.132. The van der Waals surface area contributed by atoms with Gasteiger partial charge in [0.25, 0.3) is 5.91 Å². The molecule has 2 heterocycles. The number of hydrogen-bond acceptors (Lipinski definition) is 5. The molecule has 0 saturated carbocycles. The third-order valence-electron chi connectivity index (χ3n) is 4.51. The molecule has 2 aromatic carbocycles. The SMILES string of the molecule is CCc1cc(C(=O)Nc2ccc(CCc3nn[nH]n3)cc2)cc2cn[nH]c12. The fraction of sp³-hybridized carbons (Fsp3) is 0.211. The molecule has 8 nitrogen and oxygen atoms in total. The lowest BCUT2D eigenvalue weighted by atomic mass is 10.0. The molecule has 0 atom stereocenters. The Morgan fingerprint density at radius 2 is 2.00 bits per heavy atom. The first-order chi connectivity index (χ1) is 13.2. The average molecular weight is 361 g/mol. The number of H-pyrrole nitrogens is 2. The van der Waals surface area contributed by atoms with Crippen molar-refractivity contribution in [1.82, 2.24) is 30.8 Å². The summed E-state index contributed by atoms with van der Waals surface area (Å²) in [5, 5.41) is 24.8. The number of aromatic nitrogens is 6. The van der Waals surface area contributed by atoms with Gasteiger partial charge in [0, 0.05) is 23.1 Å². The van der Waals surface area contributed by atoms with Gasteiger partial charge in [-0.25, -0.2) is 0 Å². The number of aryl methyl sites for hydroxylation is 3. The first-order valence-corrected chi connectivity index (χ1v) is 8.81. The van der Waals surface area contributed by atoms with Crippen molar-refractivity contribution >= 4 is 22.5 Å². The van der Waals surface area contributed by atoms with Crippen LogP contribution in [0.25, 0.3) is 10.9 Å². The molecule has 27 heavy (non-hydrogen) atoms. The summed E-state index contributed by atoms with van der Waals surface area (Å²) in [6.45, 7) is 2.06. The normalized spacial score (nSPS) is 11.0. The summed E-state index contributed by atoms with van der Waals surface area (Å²) in [5.74, 6) is 0.557. The van der Waals surface area contributed by atoms with Crippen molar-refractivity contribution < 1.29 is 4.79 Å². The molecule has 3 N–H and O–H groups in total. The number of aromatic amines is 2. The molecule has 2 aromatic heterocycles. The quantitative estimate of drug-likeness (QED) is 0.489. The third kappa shape index (κ3) is 3.69. The van der Waals surface area contributed by atoms with Crippen LogP contribution in [0, 0.1) is 0 Å². The molecule has 0 saturated heterocycles. The molecule has 4 aromatic rings. The highest BCUT2D eigenvalue weighted by Crippen LogP contribution is 2.21. The van der Waals surface area contributed by atoms with Crippen LogP contribution in [0.5, 0.6) is 0 Å². The Balaban J connectivity index is 1.44. The van der Waals surface area contributed by atoms with Crippen LogP contribution < -0.4 is 5.32 Å². The molecule has 1 amide bonds. The summed E-state index contributed by atoms with van der Waals surface area (Å²) < 4.78 is 0. The number of anilines is 1. The summed E-state index contributed by atoms with van der Waals surface area (Å²) in [7, 11) is 0. The maximum Gasteiger partial charge on any atom is 0.255 e. The summed E-state index contributed by atoms with van der Waals surface area (Å²) in [4.78, 5) is 12.6. The number of rotatable bonds is 6. The van der Waals surface area contributed by atoms with Gasteiger partial charge in [0.1, 0.15) is 0 Å². The van der Waals surface area contributed by atoms with E-state index in [-0.39, 0.29) is 5.91 Å². The van der Waals surface area contributed by atoms with E-state index in [1.807, 2.05) is 36.4 Å². The fourth-order valence-electron chi connectivity index (χ4n) is 3.04. The van der Waals surface area contributed by atoms with E-state index in [0.29, 0.717) is 17.8 Å². The molecule has 8 heteroatoms. The maximum absolute atomic E-state index is 12.6. The van der Waals surface area contributed by atoms with Crippen LogP contribution in [-0.4, -0.2) is 36.7 Å².